The number of carbonyl (C=O) groups excluding carboxylic acids is 3. The van der Waals surface area contributed by atoms with Crippen LogP contribution in [0.15, 0.2) is 0 Å². The minimum Gasteiger partial charge on any atom is -0.352 e. The van der Waals surface area contributed by atoms with Crippen LogP contribution in [-0.2, 0) is 14.4 Å². The van der Waals surface area contributed by atoms with Crippen molar-refractivity contribution in [2.45, 2.75) is 58.4 Å². The second-order valence-corrected chi connectivity index (χ2v) is 5.84. The Kier molecular flexibility index (Phi) is 4.78. The summed E-state index contributed by atoms with van der Waals surface area (Å²) >= 11 is 0. The third-order valence-electron chi connectivity index (χ3n) is 4.58. The van der Waals surface area contributed by atoms with Crippen LogP contribution in [0, 0.1) is 11.8 Å². The molecule has 1 saturated heterocycles. The number of nitrogens with one attached hydrogen (secondary N) is 1. The maximum atomic E-state index is 12.2. The Morgan fingerprint density at radius 3 is 2.10 bits per heavy atom. The van der Waals surface area contributed by atoms with Crippen molar-refractivity contribution in [3.63, 3.8) is 0 Å². The van der Waals surface area contributed by atoms with Gasteiger partial charge in [-0.25, -0.2) is 0 Å². The highest BCUT2D eigenvalue weighted by Crippen LogP contribution is 2.37. The van der Waals surface area contributed by atoms with Gasteiger partial charge in [-0.15, -0.1) is 0 Å². The van der Waals surface area contributed by atoms with E-state index in [9.17, 15) is 14.4 Å². The van der Waals surface area contributed by atoms with Crippen molar-refractivity contribution < 1.29 is 14.4 Å². The van der Waals surface area contributed by atoms with Gasteiger partial charge in [-0.3, -0.25) is 19.3 Å². The standard InChI is InChI=1S/C15H24N2O3/c1-3-10(4-2)16-13(18)9-17-14(19)11-7-5-6-8-12(11)15(17)20/h10-12H,3-9H2,1-2H3,(H,16,18)/t11-,12-/m0/s1. The van der Waals surface area contributed by atoms with Gasteiger partial charge in [-0.05, 0) is 25.7 Å². The number of amides is 3. The number of hydrogen-bond donors (Lipinski definition) is 1. The molecule has 112 valence electrons. The second kappa shape index (κ2) is 6.37. The normalized spacial score (nSPS) is 26.1. The van der Waals surface area contributed by atoms with Gasteiger partial charge < -0.3 is 5.32 Å². The third kappa shape index (κ3) is 2.86. The molecule has 2 fully saturated rings. The molecule has 2 aliphatic rings. The monoisotopic (exact) mass is 280 g/mol. The van der Waals surface area contributed by atoms with Gasteiger partial charge in [0.25, 0.3) is 0 Å². The van der Waals surface area contributed by atoms with E-state index < -0.39 is 0 Å². The number of rotatable bonds is 5. The van der Waals surface area contributed by atoms with Crippen LogP contribution in [0.2, 0.25) is 0 Å². The molecule has 0 spiro atoms. The molecule has 1 saturated carbocycles. The first-order valence-electron chi connectivity index (χ1n) is 7.73. The Morgan fingerprint density at radius 1 is 1.15 bits per heavy atom. The molecule has 1 aliphatic heterocycles. The van der Waals surface area contributed by atoms with Crippen molar-refractivity contribution >= 4 is 17.7 Å². The summed E-state index contributed by atoms with van der Waals surface area (Å²) in [5, 5.41) is 2.88. The molecule has 0 aromatic carbocycles. The van der Waals surface area contributed by atoms with E-state index in [1.54, 1.807) is 0 Å². The molecule has 2 atom stereocenters. The average Bonchev–Trinajstić information content (AvgIpc) is 2.70. The van der Waals surface area contributed by atoms with Crippen molar-refractivity contribution in [3.8, 4) is 0 Å². The first kappa shape index (κ1) is 15.0. The quantitative estimate of drug-likeness (QED) is 0.775. The van der Waals surface area contributed by atoms with E-state index in [1.165, 1.54) is 4.90 Å². The van der Waals surface area contributed by atoms with Crippen LogP contribution in [0.3, 0.4) is 0 Å². The number of nitrogens with zero attached hydrogens (tertiary/aromatic N) is 1. The lowest BCUT2D eigenvalue weighted by Gasteiger charge is -2.19. The topological polar surface area (TPSA) is 66.5 Å². The highest BCUT2D eigenvalue weighted by atomic mass is 16.2. The van der Waals surface area contributed by atoms with E-state index in [4.69, 9.17) is 0 Å². The maximum absolute atomic E-state index is 12.2. The molecule has 0 radical (unpaired) electrons. The van der Waals surface area contributed by atoms with Crippen LogP contribution in [0.1, 0.15) is 52.4 Å². The highest BCUT2D eigenvalue weighted by Gasteiger charge is 2.48. The summed E-state index contributed by atoms with van der Waals surface area (Å²) in [6.45, 7) is 3.91. The van der Waals surface area contributed by atoms with Gasteiger partial charge in [0.2, 0.25) is 17.7 Å². The molecule has 0 aromatic heterocycles. The first-order valence-corrected chi connectivity index (χ1v) is 7.73. The molecule has 1 heterocycles. The molecule has 5 heteroatoms. The van der Waals surface area contributed by atoms with Gasteiger partial charge in [0.1, 0.15) is 6.54 Å². The number of hydrogen-bond acceptors (Lipinski definition) is 3. The predicted octanol–water partition coefficient (Wildman–Crippen LogP) is 1.47. The minimum atomic E-state index is -0.223. The highest BCUT2D eigenvalue weighted by molar-refractivity contribution is 6.07. The fraction of sp³-hybridized carbons (Fsp3) is 0.800. The van der Waals surface area contributed by atoms with Crippen molar-refractivity contribution in [2.75, 3.05) is 6.54 Å². The van der Waals surface area contributed by atoms with E-state index in [-0.39, 0.29) is 42.1 Å². The molecular weight excluding hydrogens is 256 g/mol. The molecule has 3 amide bonds. The van der Waals surface area contributed by atoms with Crippen molar-refractivity contribution in [3.05, 3.63) is 0 Å². The second-order valence-electron chi connectivity index (χ2n) is 5.84. The smallest absolute Gasteiger partial charge is 0.240 e. The fourth-order valence-corrected chi connectivity index (χ4v) is 3.30. The van der Waals surface area contributed by atoms with Gasteiger partial charge in [-0.2, -0.15) is 0 Å². The van der Waals surface area contributed by atoms with E-state index in [2.05, 4.69) is 5.32 Å². The van der Waals surface area contributed by atoms with Crippen LogP contribution in [0.4, 0.5) is 0 Å². The number of fused-ring (bicyclic) bond motifs is 1. The summed E-state index contributed by atoms with van der Waals surface area (Å²) < 4.78 is 0. The Bertz CT molecular complexity index is 380. The van der Waals surface area contributed by atoms with Crippen LogP contribution >= 0.6 is 0 Å². The molecule has 0 aromatic rings. The molecule has 2 rings (SSSR count). The van der Waals surface area contributed by atoms with Crippen molar-refractivity contribution in [1.29, 1.82) is 0 Å². The Labute approximate surface area is 120 Å². The fourth-order valence-electron chi connectivity index (χ4n) is 3.30. The van der Waals surface area contributed by atoms with E-state index in [0.717, 1.165) is 38.5 Å². The largest absolute Gasteiger partial charge is 0.352 e. The summed E-state index contributed by atoms with van der Waals surface area (Å²) in [6, 6.07) is 0.123. The SMILES string of the molecule is CCC(CC)NC(=O)CN1C(=O)[C@H]2CCCC[C@@H]2C1=O. The van der Waals surface area contributed by atoms with Crippen LogP contribution in [0.5, 0.6) is 0 Å². The van der Waals surface area contributed by atoms with E-state index in [0.29, 0.717) is 0 Å². The summed E-state index contributed by atoms with van der Waals surface area (Å²) in [7, 11) is 0. The molecule has 0 bridgehead atoms. The van der Waals surface area contributed by atoms with E-state index >= 15 is 0 Å². The van der Waals surface area contributed by atoms with Gasteiger partial charge in [0.05, 0.1) is 11.8 Å². The van der Waals surface area contributed by atoms with Gasteiger partial charge >= 0.3 is 0 Å². The lowest BCUT2D eigenvalue weighted by molar-refractivity contribution is -0.143. The van der Waals surface area contributed by atoms with Crippen LogP contribution in [0.25, 0.3) is 0 Å². The summed E-state index contributed by atoms with van der Waals surface area (Å²) in [5.74, 6) is -0.841. The maximum Gasteiger partial charge on any atom is 0.240 e. The summed E-state index contributed by atoms with van der Waals surface area (Å²) in [6.07, 6.45) is 5.31. The number of likely N-dealkylation sites (tertiary alicyclic amines) is 1. The molecule has 1 aliphatic carbocycles. The lowest BCUT2D eigenvalue weighted by Crippen LogP contribution is -2.44. The Hall–Kier alpha value is -1.39. The third-order valence-corrected chi connectivity index (χ3v) is 4.58. The molecule has 0 unspecified atom stereocenters. The van der Waals surface area contributed by atoms with Gasteiger partial charge in [-0.1, -0.05) is 26.7 Å². The zero-order valence-electron chi connectivity index (χ0n) is 12.4. The van der Waals surface area contributed by atoms with Crippen LogP contribution in [-0.4, -0.2) is 35.2 Å². The minimum absolute atomic E-state index is 0.110. The Morgan fingerprint density at radius 2 is 1.65 bits per heavy atom. The average molecular weight is 280 g/mol. The number of carbonyl (C=O) groups is 3. The number of imide groups is 1. The van der Waals surface area contributed by atoms with E-state index in [1.807, 2.05) is 13.8 Å². The first-order chi connectivity index (χ1) is 9.58. The lowest BCUT2D eigenvalue weighted by atomic mass is 9.81. The summed E-state index contributed by atoms with van der Waals surface area (Å²) in [5.41, 5.74) is 0. The predicted molar refractivity (Wildman–Crippen MR) is 74.7 cm³/mol. The molecule has 5 nitrogen and oxygen atoms in total. The van der Waals surface area contributed by atoms with Crippen LogP contribution < -0.4 is 5.32 Å². The molecule has 20 heavy (non-hydrogen) atoms. The zero-order chi connectivity index (χ0) is 14.7. The van der Waals surface area contributed by atoms with Crippen molar-refractivity contribution in [2.24, 2.45) is 11.8 Å². The Balaban J connectivity index is 1.97. The van der Waals surface area contributed by atoms with Crippen molar-refractivity contribution in [1.82, 2.24) is 10.2 Å². The zero-order valence-corrected chi connectivity index (χ0v) is 12.4. The summed E-state index contributed by atoms with van der Waals surface area (Å²) in [4.78, 5) is 37.6. The molecule has 1 N–H and O–H groups in total. The van der Waals surface area contributed by atoms with Gasteiger partial charge in [0, 0.05) is 6.04 Å². The molecular formula is C15H24N2O3. The van der Waals surface area contributed by atoms with Gasteiger partial charge in [0.15, 0.2) is 0 Å².